The van der Waals surface area contributed by atoms with Crippen molar-refractivity contribution in [1.82, 2.24) is 4.98 Å². The zero-order valence-corrected chi connectivity index (χ0v) is 12.4. The molecule has 2 aromatic rings. The van der Waals surface area contributed by atoms with Crippen molar-refractivity contribution < 1.29 is 9.18 Å². The van der Waals surface area contributed by atoms with E-state index < -0.39 is 11.7 Å². The van der Waals surface area contributed by atoms with E-state index in [0.29, 0.717) is 21.7 Å². The number of aromatic nitrogens is 1. The van der Waals surface area contributed by atoms with Crippen molar-refractivity contribution in [2.24, 2.45) is 0 Å². The maximum Gasteiger partial charge on any atom is 0.269 e. The molecule has 3 rings (SSSR count). The van der Waals surface area contributed by atoms with Gasteiger partial charge in [-0.25, -0.2) is 9.37 Å². The lowest BCUT2D eigenvalue weighted by atomic mass is 10.3. The Hall–Kier alpha value is -1.86. The number of thiazole rings is 1. The number of nitrogen functional groups attached to an aromatic ring is 1. The normalized spacial score (nSPS) is 14.0. The van der Waals surface area contributed by atoms with Crippen LogP contribution in [0.4, 0.5) is 21.0 Å². The summed E-state index contributed by atoms with van der Waals surface area (Å²) in [5.74, 6) is -0.756. The first-order valence-electron chi connectivity index (χ1n) is 6.32. The van der Waals surface area contributed by atoms with Crippen molar-refractivity contribution in [2.75, 3.05) is 16.4 Å². The molecule has 1 heterocycles. The van der Waals surface area contributed by atoms with Crippen molar-refractivity contribution in [3.05, 3.63) is 33.9 Å². The quantitative estimate of drug-likeness (QED) is 0.805. The van der Waals surface area contributed by atoms with E-state index in [0.717, 1.165) is 12.8 Å². The monoisotopic (exact) mass is 326 g/mol. The Balaban J connectivity index is 1.74. The summed E-state index contributed by atoms with van der Waals surface area (Å²) in [5.41, 5.74) is 6.16. The van der Waals surface area contributed by atoms with Crippen molar-refractivity contribution in [1.29, 1.82) is 0 Å². The first-order valence-corrected chi connectivity index (χ1v) is 7.51. The van der Waals surface area contributed by atoms with E-state index >= 15 is 0 Å². The standard InChI is InChI=1S/C13H12ClFN4OS/c14-8-5-7(3-4-9(8)15)17-12(20)10-11(16)19-13(21-10)18-6-1-2-6/h3-6H,1-2,16H2,(H,17,20)(H,18,19). The minimum absolute atomic E-state index is 0.0545. The van der Waals surface area contributed by atoms with Gasteiger partial charge in [-0.1, -0.05) is 22.9 Å². The molecule has 0 saturated heterocycles. The smallest absolute Gasteiger partial charge is 0.269 e. The summed E-state index contributed by atoms with van der Waals surface area (Å²) in [6.45, 7) is 0. The fourth-order valence-electron chi connectivity index (χ4n) is 1.72. The number of anilines is 3. The fraction of sp³-hybridized carbons (Fsp3) is 0.231. The van der Waals surface area contributed by atoms with Gasteiger partial charge in [0.15, 0.2) is 5.13 Å². The highest BCUT2D eigenvalue weighted by Gasteiger charge is 2.24. The van der Waals surface area contributed by atoms with E-state index in [9.17, 15) is 9.18 Å². The molecule has 1 aromatic carbocycles. The number of rotatable bonds is 4. The molecule has 1 amide bonds. The summed E-state index contributed by atoms with van der Waals surface area (Å²) in [6.07, 6.45) is 2.21. The van der Waals surface area contributed by atoms with Gasteiger partial charge in [0.05, 0.1) is 5.02 Å². The Labute approximate surface area is 129 Å². The molecule has 21 heavy (non-hydrogen) atoms. The summed E-state index contributed by atoms with van der Waals surface area (Å²) in [4.78, 5) is 16.6. The van der Waals surface area contributed by atoms with Crippen LogP contribution in [0.1, 0.15) is 22.5 Å². The van der Waals surface area contributed by atoms with Crippen LogP contribution < -0.4 is 16.4 Å². The van der Waals surface area contributed by atoms with Gasteiger partial charge in [0.1, 0.15) is 16.5 Å². The Kier molecular flexibility index (Phi) is 3.69. The molecule has 5 nitrogen and oxygen atoms in total. The second kappa shape index (κ2) is 5.50. The Morgan fingerprint density at radius 3 is 2.90 bits per heavy atom. The van der Waals surface area contributed by atoms with E-state index in [1.54, 1.807) is 0 Å². The van der Waals surface area contributed by atoms with Crippen molar-refractivity contribution in [3.8, 4) is 0 Å². The molecule has 8 heteroatoms. The van der Waals surface area contributed by atoms with E-state index in [1.165, 1.54) is 29.5 Å². The third-order valence-corrected chi connectivity index (χ3v) is 4.23. The topological polar surface area (TPSA) is 80.0 Å². The number of nitrogens with one attached hydrogen (secondary N) is 2. The minimum atomic E-state index is -0.539. The molecule has 0 atom stereocenters. The molecule has 0 radical (unpaired) electrons. The summed E-state index contributed by atoms with van der Waals surface area (Å²) in [6, 6.07) is 4.39. The van der Waals surface area contributed by atoms with Crippen molar-refractivity contribution in [2.45, 2.75) is 18.9 Å². The number of nitrogens with two attached hydrogens (primary N) is 1. The first-order chi connectivity index (χ1) is 10.0. The van der Waals surface area contributed by atoms with Crippen LogP contribution in [0.5, 0.6) is 0 Å². The number of amides is 1. The van der Waals surface area contributed by atoms with Crippen LogP contribution in [-0.4, -0.2) is 16.9 Å². The van der Waals surface area contributed by atoms with Gasteiger partial charge < -0.3 is 16.4 Å². The molecule has 1 aliphatic carbocycles. The average Bonchev–Trinajstić information content (AvgIpc) is 3.16. The van der Waals surface area contributed by atoms with Crippen molar-refractivity contribution in [3.63, 3.8) is 0 Å². The van der Waals surface area contributed by atoms with Crippen LogP contribution in [-0.2, 0) is 0 Å². The number of benzene rings is 1. The van der Waals surface area contributed by atoms with E-state index in [4.69, 9.17) is 17.3 Å². The molecular weight excluding hydrogens is 315 g/mol. The summed E-state index contributed by atoms with van der Waals surface area (Å²) < 4.78 is 13.1. The lowest BCUT2D eigenvalue weighted by Crippen LogP contribution is -2.12. The molecule has 0 spiro atoms. The van der Waals surface area contributed by atoms with Crippen LogP contribution >= 0.6 is 22.9 Å². The molecule has 1 aromatic heterocycles. The number of carbonyl (C=O) groups excluding carboxylic acids is 1. The summed E-state index contributed by atoms with van der Waals surface area (Å²) >= 11 is 6.87. The molecule has 0 aliphatic heterocycles. The highest BCUT2D eigenvalue weighted by atomic mass is 35.5. The highest BCUT2D eigenvalue weighted by Crippen LogP contribution is 2.31. The maximum absolute atomic E-state index is 13.1. The molecule has 1 aliphatic rings. The van der Waals surface area contributed by atoms with Gasteiger partial charge in [-0.05, 0) is 31.0 Å². The van der Waals surface area contributed by atoms with Gasteiger partial charge in [-0.2, -0.15) is 0 Å². The van der Waals surface area contributed by atoms with Gasteiger partial charge in [0.25, 0.3) is 5.91 Å². The van der Waals surface area contributed by atoms with Crippen molar-refractivity contribution >= 4 is 45.5 Å². The average molecular weight is 327 g/mol. The predicted octanol–water partition coefficient (Wildman–Crippen LogP) is 3.34. The molecular formula is C13H12ClFN4OS. The minimum Gasteiger partial charge on any atom is -0.382 e. The summed E-state index contributed by atoms with van der Waals surface area (Å²) in [5, 5.41) is 6.39. The zero-order valence-electron chi connectivity index (χ0n) is 10.8. The zero-order chi connectivity index (χ0) is 15.0. The van der Waals surface area contributed by atoms with Crippen LogP contribution in [0.3, 0.4) is 0 Å². The molecule has 0 bridgehead atoms. The van der Waals surface area contributed by atoms with Crippen LogP contribution in [0, 0.1) is 5.82 Å². The number of carbonyl (C=O) groups is 1. The summed E-state index contributed by atoms with van der Waals surface area (Å²) in [7, 11) is 0. The largest absolute Gasteiger partial charge is 0.382 e. The second-order valence-electron chi connectivity index (χ2n) is 4.74. The third-order valence-electron chi connectivity index (χ3n) is 2.94. The second-order valence-corrected chi connectivity index (χ2v) is 6.14. The molecule has 0 unspecified atom stereocenters. The van der Waals surface area contributed by atoms with Gasteiger partial charge in [-0.15, -0.1) is 0 Å². The lowest BCUT2D eigenvalue weighted by molar-refractivity contribution is 0.103. The van der Waals surface area contributed by atoms with E-state index in [1.807, 2.05) is 0 Å². The molecule has 1 fully saturated rings. The number of nitrogens with zero attached hydrogens (tertiary/aromatic N) is 1. The van der Waals surface area contributed by atoms with Crippen LogP contribution in [0.2, 0.25) is 5.02 Å². The van der Waals surface area contributed by atoms with E-state index in [-0.39, 0.29) is 10.8 Å². The molecule has 110 valence electrons. The maximum atomic E-state index is 13.1. The third kappa shape index (κ3) is 3.25. The Morgan fingerprint density at radius 1 is 1.48 bits per heavy atom. The Morgan fingerprint density at radius 2 is 2.24 bits per heavy atom. The molecule has 4 N–H and O–H groups in total. The lowest BCUT2D eigenvalue weighted by Gasteiger charge is -2.04. The van der Waals surface area contributed by atoms with Crippen LogP contribution in [0.15, 0.2) is 18.2 Å². The van der Waals surface area contributed by atoms with Crippen LogP contribution in [0.25, 0.3) is 0 Å². The van der Waals surface area contributed by atoms with Gasteiger partial charge in [0, 0.05) is 11.7 Å². The van der Waals surface area contributed by atoms with E-state index in [2.05, 4.69) is 15.6 Å². The van der Waals surface area contributed by atoms with Gasteiger partial charge in [-0.3, -0.25) is 4.79 Å². The van der Waals surface area contributed by atoms with Gasteiger partial charge >= 0.3 is 0 Å². The molecule has 1 saturated carbocycles. The number of hydrogen-bond acceptors (Lipinski definition) is 5. The number of hydrogen-bond donors (Lipinski definition) is 3. The number of halogens is 2. The first kappa shape index (κ1) is 14.1. The highest BCUT2D eigenvalue weighted by molar-refractivity contribution is 7.18. The predicted molar refractivity (Wildman–Crippen MR) is 82.5 cm³/mol. The fourth-order valence-corrected chi connectivity index (χ4v) is 2.76. The Bertz CT molecular complexity index is 701. The SMILES string of the molecule is Nc1nc(NC2CC2)sc1C(=O)Nc1ccc(F)c(Cl)c1. The van der Waals surface area contributed by atoms with Gasteiger partial charge in [0.2, 0.25) is 0 Å².